The van der Waals surface area contributed by atoms with E-state index in [2.05, 4.69) is 25.9 Å². The number of hydrogen-bond acceptors (Lipinski definition) is 8. The molecule has 2 heterocycles. The lowest BCUT2D eigenvalue weighted by Gasteiger charge is -2.36. The van der Waals surface area contributed by atoms with Gasteiger partial charge in [0, 0.05) is 30.0 Å². The SMILES string of the molecule is CN[C@@H](C)C(=O)N[C@H](C(=O)N1CCC[C@H]1C(=O)Cc1cc2c(Nc3cccc(Cl)c3F)ncnc2cc1OC)C(C)(C)C. The van der Waals surface area contributed by atoms with E-state index < -0.39 is 29.4 Å². The van der Waals surface area contributed by atoms with Crippen LogP contribution >= 0.6 is 11.6 Å². The number of anilines is 2. The van der Waals surface area contributed by atoms with Gasteiger partial charge in [-0.25, -0.2) is 14.4 Å². The molecule has 0 saturated carbocycles. The lowest BCUT2D eigenvalue weighted by atomic mass is 9.85. The van der Waals surface area contributed by atoms with Crippen LogP contribution in [0.4, 0.5) is 15.9 Å². The fraction of sp³-hybridized carbons (Fsp3) is 0.452. The Hall–Kier alpha value is -3.83. The Bertz CT molecular complexity index is 1530. The van der Waals surface area contributed by atoms with Crippen molar-refractivity contribution in [3.63, 3.8) is 0 Å². The number of carbonyl (C=O) groups is 3. The fourth-order valence-electron chi connectivity index (χ4n) is 5.17. The predicted molar refractivity (Wildman–Crippen MR) is 164 cm³/mol. The van der Waals surface area contributed by atoms with E-state index in [1.54, 1.807) is 43.1 Å². The second-order valence-corrected chi connectivity index (χ2v) is 12.2. The van der Waals surface area contributed by atoms with E-state index in [9.17, 15) is 18.8 Å². The topological polar surface area (TPSA) is 126 Å². The van der Waals surface area contributed by atoms with E-state index in [0.29, 0.717) is 47.4 Å². The van der Waals surface area contributed by atoms with Crippen LogP contribution in [-0.2, 0) is 20.8 Å². The number of nitrogens with one attached hydrogen (secondary N) is 3. The Labute approximate surface area is 255 Å². The number of aromatic nitrogens is 2. The summed E-state index contributed by atoms with van der Waals surface area (Å²) < 4.78 is 20.2. The summed E-state index contributed by atoms with van der Waals surface area (Å²) in [5.74, 6) is -0.554. The number of amides is 2. The highest BCUT2D eigenvalue weighted by molar-refractivity contribution is 6.31. The molecule has 1 aliphatic heterocycles. The summed E-state index contributed by atoms with van der Waals surface area (Å²) in [6.07, 6.45) is 2.52. The number of likely N-dealkylation sites (tertiary alicyclic amines) is 1. The van der Waals surface area contributed by atoms with Crippen LogP contribution in [0, 0.1) is 11.2 Å². The summed E-state index contributed by atoms with van der Waals surface area (Å²) >= 11 is 5.95. The lowest BCUT2D eigenvalue weighted by molar-refractivity contribution is -0.143. The number of methoxy groups -OCH3 is 1. The highest BCUT2D eigenvalue weighted by Crippen LogP contribution is 2.33. The molecule has 1 fully saturated rings. The standard InChI is InChI=1S/C31H38ClFN6O4/c1-17(34-5)29(41)38-27(31(2,3)4)30(42)39-12-8-11-23(39)24(40)14-18-13-19-22(15-25(18)43-6)35-16-36-28(19)37-21-10-7-9-20(32)26(21)33/h7,9-10,13,15-17,23,27,34H,8,11-12,14H2,1-6H3,(H,38,41)(H,35,36,37)/t17-,23-,27+/m0/s1. The number of ketones is 1. The van der Waals surface area contributed by atoms with Gasteiger partial charge in [0.25, 0.3) is 0 Å². The molecule has 0 aliphatic carbocycles. The number of fused-ring (bicyclic) bond motifs is 1. The number of nitrogens with zero attached hydrogens (tertiary/aromatic N) is 3. The van der Waals surface area contributed by atoms with Crippen molar-refractivity contribution in [2.45, 2.75) is 65.1 Å². The van der Waals surface area contributed by atoms with E-state index in [4.69, 9.17) is 16.3 Å². The molecular weight excluding hydrogens is 575 g/mol. The van der Waals surface area contributed by atoms with Crippen LogP contribution in [0.3, 0.4) is 0 Å². The first-order valence-electron chi connectivity index (χ1n) is 14.2. The first kappa shape index (κ1) is 32.1. The van der Waals surface area contributed by atoms with E-state index >= 15 is 0 Å². The number of benzene rings is 2. The van der Waals surface area contributed by atoms with Crippen molar-refractivity contribution in [2.24, 2.45) is 5.41 Å². The molecule has 0 unspecified atom stereocenters. The van der Waals surface area contributed by atoms with Crippen LogP contribution in [0.25, 0.3) is 10.9 Å². The largest absolute Gasteiger partial charge is 0.496 e. The molecule has 1 aliphatic rings. The van der Waals surface area contributed by atoms with Gasteiger partial charge >= 0.3 is 0 Å². The minimum absolute atomic E-state index is 0.0171. The highest BCUT2D eigenvalue weighted by atomic mass is 35.5. The maximum atomic E-state index is 14.6. The maximum absolute atomic E-state index is 14.6. The summed E-state index contributed by atoms with van der Waals surface area (Å²) in [7, 11) is 3.18. The van der Waals surface area contributed by atoms with Crippen molar-refractivity contribution in [1.82, 2.24) is 25.5 Å². The van der Waals surface area contributed by atoms with Gasteiger partial charge in [0.05, 0.1) is 35.4 Å². The van der Waals surface area contributed by atoms with E-state index in [1.807, 2.05) is 20.8 Å². The van der Waals surface area contributed by atoms with E-state index in [1.165, 1.54) is 19.5 Å². The number of rotatable bonds is 10. The smallest absolute Gasteiger partial charge is 0.246 e. The van der Waals surface area contributed by atoms with Gasteiger partial charge in [0.2, 0.25) is 11.8 Å². The highest BCUT2D eigenvalue weighted by Gasteiger charge is 2.42. The third-order valence-corrected chi connectivity index (χ3v) is 8.03. The zero-order valence-electron chi connectivity index (χ0n) is 25.3. The third-order valence-electron chi connectivity index (χ3n) is 7.74. The monoisotopic (exact) mass is 612 g/mol. The zero-order chi connectivity index (χ0) is 31.5. The average Bonchev–Trinajstić information content (AvgIpc) is 3.47. The summed E-state index contributed by atoms with van der Waals surface area (Å²) in [5, 5.41) is 9.28. The molecule has 3 aromatic rings. The van der Waals surface area contributed by atoms with E-state index in [-0.39, 0.29) is 34.7 Å². The number of halogens is 2. The molecule has 230 valence electrons. The number of Topliss-reactive ketones (excluding diaryl/α,β-unsaturated/α-hetero) is 1. The summed E-state index contributed by atoms with van der Waals surface area (Å²) in [5.41, 5.74) is 0.673. The molecule has 4 rings (SSSR count). The molecule has 1 aromatic heterocycles. The zero-order valence-corrected chi connectivity index (χ0v) is 26.0. The molecule has 12 heteroatoms. The van der Waals surface area contributed by atoms with Crippen LogP contribution in [-0.4, -0.2) is 71.3 Å². The van der Waals surface area contributed by atoms with Crippen molar-refractivity contribution in [1.29, 1.82) is 0 Å². The minimum Gasteiger partial charge on any atom is -0.496 e. The Morgan fingerprint density at radius 1 is 1.21 bits per heavy atom. The second-order valence-electron chi connectivity index (χ2n) is 11.8. The molecular formula is C31H38ClFN6O4. The van der Waals surface area contributed by atoms with Crippen LogP contribution in [0.5, 0.6) is 5.75 Å². The minimum atomic E-state index is -0.808. The van der Waals surface area contributed by atoms with Crippen molar-refractivity contribution in [2.75, 3.05) is 26.0 Å². The third kappa shape index (κ3) is 7.05. The second kappa shape index (κ2) is 13.2. The van der Waals surface area contributed by atoms with Gasteiger partial charge in [-0.05, 0) is 50.4 Å². The van der Waals surface area contributed by atoms with Gasteiger partial charge in [-0.1, -0.05) is 38.4 Å². The molecule has 1 saturated heterocycles. The number of hydrogen-bond donors (Lipinski definition) is 3. The van der Waals surface area contributed by atoms with Crippen LogP contribution in [0.15, 0.2) is 36.7 Å². The molecule has 0 bridgehead atoms. The molecule has 3 atom stereocenters. The Morgan fingerprint density at radius 3 is 2.63 bits per heavy atom. The van der Waals surface area contributed by atoms with Gasteiger partial charge in [0.1, 0.15) is 23.9 Å². The molecule has 10 nitrogen and oxygen atoms in total. The van der Waals surface area contributed by atoms with Gasteiger partial charge in [-0.2, -0.15) is 0 Å². The number of carbonyl (C=O) groups excluding carboxylic acids is 3. The quantitative estimate of drug-likeness (QED) is 0.307. The molecule has 0 spiro atoms. The molecule has 3 N–H and O–H groups in total. The van der Waals surface area contributed by atoms with Gasteiger partial charge in [-0.15, -0.1) is 0 Å². The van der Waals surface area contributed by atoms with Gasteiger partial charge in [0.15, 0.2) is 11.6 Å². The Balaban J connectivity index is 1.61. The van der Waals surface area contributed by atoms with Crippen LogP contribution < -0.4 is 20.7 Å². The lowest BCUT2D eigenvalue weighted by Crippen LogP contribution is -2.58. The Kier molecular flexibility index (Phi) is 9.86. The molecule has 2 aromatic carbocycles. The normalized spacial score (nSPS) is 16.6. The van der Waals surface area contributed by atoms with Crippen LogP contribution in [0.2, 0.25) is 5.02 Å². The van der Waals surface area contributed by atoms with Crippen molar-refractivity contribution in [3.05, 3.63) is 53.1 Å². The first-order chi connectivity index (χ1) is 20.3. The average molecular weight is 613 g/mol. The van der Waals surface area contributed by atoms with Crippen molar-refractivity contribution in [3.8, 4) is 5.75 Å². The summed E-state index contributed by atoms with van der Waals surface area (Å²) in [6, 6.07) is 6.12. The van der Waals surface area contributed by atoms with Gasteiger partial charge in [-0.3, -0.25) is 14.4 Å². The summed E-state index contributed by atoms with van der Waals surface area (Å²) in [4.78, 5) is 50.5. The maximum Gasteiger partial charge on any atom is 0.246 e. The van der Waals surface area contributed by atoms with Crippen LogP contribution in [0.1, 0.15) is 46.1 Å². The molecule has 2 amide bonds. The molecule has 0 radical (unpaired) electrons. The van der Waals surface area contributed by atoms with Crippen molar-refractivity contribution < 1.29 is 23.5 Å². The predicted octanol–water partition coefficient (Wildman–Crippen LogP) is 4.42. The first-order valence-corrected chi connectivity index (χ1v) is 14.6. The van der Waals surface area contributed by atoms with Gasteiger partial charge < -0.3 is 25.6 Å². The molecule has 43 heavy (non-hydrogen) atoms. The Morgan fingerprint density at radius 2 is 1.95 bits per heavy atom. The number of likely N-dealkylation sites (N-methyl/N-ethyl adjacent to an activating group) is 1. The fourth-order valence-corrected chi connectivity index (χ4v) is 5.34. The summed E-state index contributed by atoms with van der Waals surface area (Å²) in [6.45, 7) is 7.79. The van der Waals surface area contributed by atoms with E-state index in [0.717, 1.165) is 0 Å². The van der Waals surface area contributed by atoms with Crippen molar-refractivity contribution >= 4 is 51.6 Å². The number of ether oxygens (including phenoxy) is 1.